The summed E-state index contributed by atoms with van der Waals surface area (Å²) in [6.07, 6.45) is 0. The van der Waals surface area contributed by atoms with Crippen molar-refractivity contribution in [2.24, 2.45) is 0 Å². The molecular formula is C12H16O7P2. The average molecular weight is 334 g/mol. The second-order valence-electron chi connectivity index (χ2n) is 3.26. The normalized spacial score (nSPS) is 9.43. The van der Waals surface area contributed by atoms with Gasteiger partial charge >= 0.3 is 17.2 Å². The van der Waals surface area contributed by atoms with Crippen molar-refractivity contribution in [3.05, 3.63) is 60.7 Å². The van der Waals surface area contributed by atoms with Crippen LogP contribution in [0.3, 0.4) is 0 Å². The van der Waals surface area contributed by atoms with Crippen molar-refractivity contribution < 1.29 is 34.1 Å². The molecular weight excluding hydrogens is 318 g/mol. The number of hydrogen-bond acceptors (Lipinski definition) is 7. The van der Waals surface area contributed by atoms with Gasteiger partial charge < -0.3 is 29.8 Å². The second-order valence-corrected chi connectivity index (χ2v) is 4.92. The maximum Gasteiger partial charge on any atom is 0.334 e. The first-order chi connectivity index (χ1) is 9.91. The second kappa shape index (κ2) is 12.4. The lowest BCUT2D eigenvalue weighted by Gasteiger charge is -2.00. The van der Waals surface area contributed by atoms with E-state index in [1.165, 1.54) is 0 Å². The van der Waals surface area contributed by atoms with Gasteiger partial charge in [-0.25, -0.2) is 4.31 Å². The van der Waals surface area contributed by atoms with E-state index >= 15 is 0 Å². The van der Waals surface area contributed by atoms with Crippen LogP contribution in [-0.2, 0) is 4.31 Å². The first-order valence-electron chi connectivity index (χ1n) is 5.43. The number of phenolic OH excluding ortho intramolecular Hbond substituents is 2. The number of phenols is 2. The standard InChI is InChI=1S/2C6H6O.H4O5P2/c2*7-6-4-2-1-3-5-6;1-6(2)5-7(3)4/h2*1-5,7H;1-4H. The number of benzene rings is 2. The molecule has 0 aliphatic rings. The van der Waals surface area contributed by atoms with E-state index in [1.54, 1.807) is 48.5 Å². The molecule has 0 radical (unpaired) electrons. The van der Waals surface area contributed by atoms with E-state index in [1.807, 2.05) is 12.1 Å². The van der Waals surface area contributed by atoms with Crippen LogP contribution in [0.5, 0.6) is 11.5 Å². The molecule has 0 atom stereocenters. The molecule has 6 N–H and O–H groups in total. The SMILES string of the molecule is OP(O)OP(O)O.Oc1ccccc1.Oc1ccccc1. The molecule has 0 aliphatic heterocycles. The van der Waals surface area contributed by atoms with Gasteiger partial charge in [0.05, 0.1) is 0 Å². The van der Waals surface area contributed by atoms with Crippen LogP contribution in [0, 0.1) is 0 Å². The molecule has 0 unspecified atom stereocenters. The predicted octanol–water partition coefficient (Wildman–Crippen LogP) is 2.21. The Morgan fingerprint density at radius 2 is 0.857 bits per heavy atom. The number of aromatic hydroxyl groups is 2. The van der Waals surface area contributed by atoms with Crippen molar-refractivity contribution in [2.45, 2.75) is 0 Å². The highest BCUT2D eigenvalue weighted by molar-refractivity contribution is 7.53. The van der Waals surface area contributed by atoms with Gasteiger partial charge in [-0.05, 0) is 24.3 Å². The molecule has 21 heavy (non-hydrogen) atoms. The van der Waals surface area contributed by atoms with Gasteiger partial charge in [-0.3, -0.25) is 0 Å². The van der Waals surface area contributed by atoms with E-state index in [2.05, 4.69) is 4.31 Å². The molecule has 0 heterocycles. The van der Waals surface area contributed by atoms with Gasteiger partial charge in [0.15, 0.2) is 0 Å². The van der Waals surface area contributed by atoms with Gasteiger partial charge in [0, 0.05) is 0 Å². The predicted molar refractivity (Wildman–Crippen MR) is 80.0 cm³/mol. The summed E-state index contributed by atoms with van der Waals surface area (Å²) >= 11 is 0. The third-order valence-corrected chi connectivity index (χ3v) is 2.83. The van der Waals surface area contributed by atoms with Crippen molar-refractivity contribution in [3.63, 3.8) is 0 Å². The third-order valence-electron chi connectivity index (χ3n) is 1.66. The van der Waals surface area contributed by atoms with Crippen molar-refractivity contribution in [3.8, 4) is 11.5 Å². The highest BCUT2D eigenvalue weighted by atomic mass is 31.2. The Balaban J connectivity index is 0.000000286. The summed E-state index contributed by atoms with van der Waals surface area (Å²) in [7, 11) is -5.22. The van der Waals surface area contributed by atoms with Crippen molar-refractivity contribution >= 4 is 17.2 Å². The minimum absolute atomic E-state index is 0.322. The molecule has 0 aromatic heterocycles. The Hall–Kier alpha value is -1.30. The zero-order valence-electron chi connectivity index (χ0n) is 10.8. The summed E-state index contributed by atoms with van der Waals surface area (Å²) in [5, 5.41) is 17.3. The first kappa shape index (κ1) is 19.7. The molecule has 0 saturated carbocycles. The first-order valence-corrected chi connectivity index (χ1v) is 7.76. The highest BCUT2D eigenvalue weighted by Crippen LogP contribution is 2.41. The molecule has 0 bridgehead atoms. The van der Waals surface area contributed by atoms with E-state index in [9.17, 15) is 0 Å². The number of rotatable bonds is 2. The smallest absolute Gasteiger partial charge is 0.334 e. The van der Waals surface area contributed by atoms with Gasteiger partial charge in [0.2, 0.25) is 0 Å². The molecule has 0 amide bonds. The van der Waals surface area contributed by atoms with Gasteiger partial charge in [0.25, 0.3) is 0 Å². The van der Waals surface area contributed by atoms with E-state index < -0.39 is 17.2 Å². The van der Waals surface area contributed by atoms with E-state index in [4.69, 9.17) is 29.8 Å². The Kier molecular flexibility index (Phi) is 11.7. The molecule has 2 aromatic rings. The lowest BCUT2D eigenvalue weighted by molar-refractivity contribution is 0.324. The fraction of sp³-hybridized carbons (Fsp3) is 0. The molecule has 2 aromatic carbocycles. The fourth-order valence-corrected chi connectivity index (χ4v) is 1.44. The van der Waals surface area contributed by atoms with Crippen LogP contribution in [0.4, 0.5) is 0 Å². The van der Waals surface area contributed by atoms with Crippen molar-refractivity contribution in [1.82, 2.24) is 0 Å². The molecule has 2 rings (SSSR count). The summed E-state index contributed by atoms with van der Waals surface area (Å²) in [6, 6.07) is 17.4. The number of hydrogen-bond donors (Lipinski definition) is 6. The molecule has 0 saturated heterocycles. The monoisotopic (exact) mass is 334 g/mol. The van der Waals surface area contributed by atoms with E-state index in [0.717, 1.165) is 0 Å². The largest absolute Gasteiger partial charge is 0.508 e. The van der Waals surface area contributed by atoms with Crippen molar-refractivity contribution in [2.75, 3.05) is 0 Å². The molecule has 0 aliphatic carbocycles. The Morgan fingerprint density at radius 1 is 0.571 bits per heavy atom. The maximum absolute atomic E-state index is 8.63. The Morgan fingerprint density at radius 3 is 0.952 bits per heavy atom. The van der Waals surface area contributed by atoms with Gasteiger partial charge in [0.1, 0.15) is 11.5 Å². The van der Waals surface area contributed by atoms with E-state index in [-0.39, 0.29) is 0 Å². The highest BCUT2D eigenvalue weighted by Gasteiger charge is 2.05. The van der Waals surface area contributed by atoms with Gasteiger partial charge in [-0.1, -0.05) is 36.4 Å². The summed E-state index contributed by atoms with van der Waals surface area (Å²) in [5.74, 6) is 0.644. The van der Waals surface area contributed by atoms with Crippen LogP contribution in [0.15, 0.2) is 60.7 Å². The molecule has 9 heteroatoms. The van der Waals surface area contributed by atoms with Gasteiger partial charge in [-0.2, -0.15) is 0 Å². The Bertz CT molecular complexity index is 410. The molecule has 116 valence electrons. The summed E-state index contributed by atoms with van der Waals surface area (Å²) in [4.78, 5) is 31.3. The summed E-state index contributed by atoms with van der Waals surface area (Å²) < 4.78 is 3.60. The van der Waals surface area contributed by atoms with Crippen LogP contribution in [0.25, 0.3) is 0 Å². The topological polar surface area (TPSA) is 131 Å². The Labute approximate surface area is 124 Å². The van der Waals surface area contributed by atoms with Crippen LogP contribution < -0.4 is 0 Å². The number of para-hydroxylation sites is 2. The fourth-order valence-electron chi connectivity index (χ4n) is 0.921. The molecule has 7 nitrogen and oxygen atoms in total. The van der Waals surface area contributed by atoms with Crippen molar-refractivity contribution in [1.29, 1.82) is 0 Å². The average Bonchev–Trinajstić information content (AvgIpc) is 2.40. The van der Waals surface area contributed by atoms with Crippen LogP contribution in [0.2, 0.25) is 0 Å². The van der Waals surface area contributed by atoms with Crippen LogP contribution in [-0.4, -0.2) is 29.8 Å². The van der Waals surface area contributed by atoms with Gasteiger partial charge in [-0.15, -0.1) is 0 Å². The summed E-state index contributed by atoms with van der Waals surface area (Å²) in [6.45, 7) is 0. The zero-order valence-corrected chi connectivity index (χ0v) is 12.5. The zero-order chi connectivity index (χ0) is 16.1. The lowest BCUT2D eigenvalue weighted by Crippen LogP contribution is -1.73. The minimum atomic E-state index is -2.61. The van der Waals surface area contributed by atoms with E-state index in [0.29, 0.717) is 11.5 Å². The van der Waals surface area contributed by atoms with Crippen LogP contribution in [0.1, 0.15) is 0 Å². The minimum Gasteiger partial charge on any atom is -0.508 e. The molecule has 0 spiro atoms. The maximum atomic E-state index is 8.63. The third kappa shape index (κ3) is 14.9. The van der Waals surface area contributed by atoms with Crippen LogP contribution >= 0.6 is 17.2 Å². The lowest BCUT2D eigenvalue weighted by atomic mass is 10.3. The quantitative estimate of drug-likeness (QED) is 0.464. The molecule has 0 fully saturated rings. The summed E-state index contributed by atoms with van der Waals surface area (Å²) in [5.41, 5.74) is 0.